The molecule has 0 saturated carbocycles. The summed E-state index contributed by atoms with van der Waals surface area (Å²) in [5, 5.41) is 4.90. The lowest BCUT2D eigenvalue weighted by Crippen LogP contribution is -2.27. The summed E-state index contributed by atoms with van der Waals surface area (Å²) in [7, 11) is 0. The zero-order valence-corrected chi connectivity index (χ0v) is 50.3. The number of benzene rings is 11. The normalized spacial score (nSPS) is 13.6. The molecule has 0 bridgehead atoms. The van der Waals surface area contributed by atoms with E-state index in [2.05, 4.69) is 323 Å². The fourth-order valence-electron chi connectivity index (χ4n) is 14.0. The van der Waals surface area contributed by atoms with Gasteiger partial charge >= 0.3 is 0 Å². The second-order valence-corrected chi connectivity index (χ2v) is 27.8. The maximum absolute atomic E-state index is 2.58. The molecule has 2 aliphatic rings. The van der Waals surface area contributed by atoms with E-state index in [4.69, 9.17) is 0 Å². The van der Waals surface area contributed by atoms with Crippen molar-refractivity contribution in [3.05, 3.63) is 275 Å². The summed E-state index contributed by atoms with van der Waals surface area (Å²) in [5.74, 6) is 0. The second kappa shape index (κ2) is 18.6. The third-order valence-corrected chi connectivity index (χ3v) is 18.4. The van der Waals surface area contributed by atoms with Crippen molar-refractivity contribution in [2.75, 3.05) is 4.90 Å². The molecule has 0 unspecified atom stereocenters. The fraction of sp³-hybridized carbons (Fsp3) is 0.210. The van der Waals surface area contributed by atoms with Crippen molar-refractivity contribution in [2.45, 2.75) is 110 Å². The monoisotopic (exact) mass is 1070 g/mol. The van der Waals surface area contributed by atoms with Gasteiger partial charge in [-0.1, -0.05) is 259 Å². The standard InChI is InChI=1S/C81H74N2/c1-77(2,3)53-36-40-62-63-41-37-54(78(4,5)6)48-71(63)81(70(62)47-53)69-33-19-16-28-61(69)64-42-38-59(50-72(64)81)82(58-39-43-75-68(49-58)66-30-18-21-35-74(66)83(75)57-26-14-13-15-27-57)73-34-20-17-29-65(73)67-32-23-25-51-24-22-31-60(76(51)67)52-44-55(79(7,8)9)46-56(45-52)80(10,11)12/h13-50H,1-12H3. The highest BCUT2D eigenvalue weighted by atomic mass is 15.1. The third kappa shape index (κ3) is 8.26. The van der Waals surface area contributed by atoms with E-state index in [1.807, 2.05) is 0 Å². The van der Waals surface area contributed by atoms with Crippen molar-refractivity contribution >= 4 is 49.6 Å². The molecule has 0 aliphatic heterocycles. The number of fused-ring (bicyclic) bond motifs is 14. The van der Waals surface area contributed by atoms with E-state index in [1.165, 1.54) is 122 Å². The van der Waals surface area contributed by atoms with Gasteiger partial charge in [-0.25, -0.2) is 0 Å². The van der Waals surface area contributed by atoms with Crippen molar-refractivity contribution in [3.63, 3.8) is 0 Å². The predicted molar refractivity (Wildman–Crippen MR) is 355 cm³/mol. The molecule has 83 heavy (non-hydrogen) atoms. The molecule has 11 aromatic carbocycles. The maximum atomic E-state index is 2.58. The van der Waals surface area contributed by atoms with Crippen molar-refractivity contribution in [1.29, 1.82) is 0 Å². The number of para-hydroxylation sites is 3. The van der Waals surface area contributed by atoms with Crippen molar-refractivity contribution < 1.29 is 0 Å². The van der Waals surface area contributed by atoms with E-state index in [1.54, 1.807) is 0 Å². The van der Waals surface area contributed by atoms with Crippen molar-refractivity contribution in [3.8, 4) is 50.2 Å². The van der Waals surface area contributed by atoms with Crippen LogP contribution in [0.15, 0.2) is 231 Å². The van der Waals surface area contributed by atoms with Crippen LogP contribution in [0.25, 0.3) is 82.8 Å². The Kier molecular flexibility index (Phi) is 11.8. The first-order valence-corrected chi connectivity index (χ1v) is 29.9. The zero-order chi connectivity index (χ0) is 57.5. The summed E-state index contributed by atoms with van der Waals surface area (Å²) in [4.78, 5) is 2.58. The lowest BCUT2D eigenvalue weighted by Gasteiger charge is -2.34. The van der Waals surface area contributed by atoms with Crippen molar-refractivity contribution in [1.82, 2.24) is 4.57 Å². The van der Waals surface area contributed by atoms with Gasteiger partial charge in [0.15, 0.2) is 0 Å². The minimum absolute atomic E-state index is 0.0345. The summed E-state index contributed by atoms with van der Waals surface area (Å²) in [6, 6.07) is 88.6. The van der Waals surface area contributed by atoms with Gasteiger partial charge in [-0.2, -0.15) is 0 Å². The Labute approximate surface area is 491 Å². The van der Waals surface area contributed by atoms with Crippen molar-refractivity contribution in [2.24, 2.45) is 0 Å². The van der Waals surface area contributed by atoms with Crippen LogP contribution < -0.4 is 4.90 Å². The van der Waals surface area contributed by atoms with Gasteiger partial charge in [0.25, 0.3) is 0 Å². The zero-order valence-electron chi connectivity index (χ0n) is 50.3. The molecule has 14 rings (SSSR count). The average Bonchev–Trinajstić information content (AvgIpc) is 1.56. The number of rotatable bonds is 6. The minimum Gasteiger partial charge on any atom is -0.310 e. The molecule has 0 fully saturated rings. The van der Waals surface area contributed by atoms with Crippen LogP contribution in [-0.2, 0) is 27.1 Å². The van der Waals surface area contributed by atoms with Gasteiger partial charge in [0.2, 0.25) is 0 Å². The number of aromatic nitrogens is 1. The molecule has 1 aromatic heterocycles. The summed E-state index contributed by atoms with van der Waals surface area (Å²) in [6.07, 6.45) is 0. The maximum Gasteiger partial charge on any atom is 0.0726 e. The van der Waals surface area contributed by atoms with E-state index in [-0.39, 0.29) is 21.7 Å². The number of hydrogen-bond acceptors (Lipinski definition) is 1. The Hall–Kier alpha value is -8.72. The quantitative estimate of drug-likeness (QED) is 0.161. The lowest BCUT2D eigenvalue weighted by atomic mass is 9.68. The summed E-state index contributed by atoms with van der Waals surface area (Å²) < 4.78 is 2.42. The second-order valence-electron chi connectivity index (χ2n) is 27.8. The van der Waals surface area contributed by atoms with Crippen LogP contribution >= 0.6 is 0 Å². The van der Waals surface area contributed by atoms with Gasteiger partial charge in [-0.05, 0) is 170 Å². The molecule has 2 nitrogen and oxygen atoms in total. The van der Waals surface area contributed by atoms with Crippen LogP contribution in [-0.4, -0.2) is 4.57 Å². The van der Waals surface area contributed by atoms with Gasteiger partial charge in [0.1, 0.15) is 0 Å². The SMILES string of the molecule is CC(C)(C)c1cc(-c2cccc3cccc(-c4ccccc4N(c4ccc5c(c4)C4(c6ccccc6-5)c5cc(C(C)(C)C)ccc5-c5ccc(C(C)(C)C)cc54)c4ccc5c(c4)c4ccccc4n5-c4ccccc4)c23)cc(C(C)(C)C)c1. The molecule has 2 heteroatoms. The molecule has 0 atom stereocenters. The average molecular weight is 1080 g/mol. The minimum atomic E-state index is -0.578. The highest BCUT2D eigenvalue weighted by Gasteiger charge is 2.52. The molecule has 0 saturated heterocycles. The Morgan fingerprint density at radius 1 is 0.313 bits per heavy atom. The first kappa shape index (κ1) is 52.4. The number of hydrogen-bond donors (Lipinski definition) is 0. The Morgan fingerprint density at radius 2 is 0.795 bits per heavy atom. The molecule has 12 aromatic rings. The van der Waals surface area contributed by atoms with Gasteiger partial charge in [0, 0.05) is 33.4 Å². The molecular weight excluding hydrogens is 1000 g/mol. The summed E-state index contributed by atoms with van der Waals surface area (Å²) >= 11 is 0. The van der Waals surface area contributed by atoms with E-state index in [9.17, 15) is 0 Å². The third-order valence-electron chi connectivity index (χ3n) is 18.4. The molecule has 1 heterocycles. The molecule has 1 spiro atoms. The van der Waals surface area contributed by atoms with E-state index < -0.39 is 5.41 Å². The van der Waals surface area contributed by atoms with E-state index in [0.717, 1.165) is 22.7 Å². The Balaban J connectivity index is 1.07. The molecule has 0 radical (unpaired) electrons. The smallest absolute Gasteiger partial charge is 0.0726 e. The number of nitrogens with zero attached hydrogens (tertiary/aromatic N) is 2. The fourth-order valence-corrected chi connectivity index (χ4v) is 14.0. The van der Waals surface area contributed by atoms with Gasteiger partial charge in [-0.3, -0.25) is 0 Å². The first-order valence-electron chi connectivity index (χ1n) is 29.9. The van der Waals surface area contributed by atoms with Crippen LogP contribution in [0.3, 0.4) is 0 Å². The van der Waals surface area contributed by atoms with Gasteiger partial charge < -0.3 is 9.47 Å². The van der Waals surface area contributed by atoms with Crippen LogP contribution in [0.1, 0.15) is 128 Å². The van der Waals surface area contributed by atoms with Gasteiger partial charge in [0.05, 0.1) is 22.1 Å². The topological polar surface area (TPSA) is 8.17 Å². The molecule has 408 valence electrons. The molecule has 0 N–H and O–H groups in total. The lowest BCUT2D eigenvalue weighted by molar-refractivity contribution is 0.569. The van der Waals surface area contributed by atoms with Crippen LogP contribution in [0.5, 0.6) is 0 Å². The van der Waals surface area contributed by atoms with Crippen LogP contribution in [0, 0.1) is 0 Å². The highest BCUT2D eigenvalue weighted by Crippen LogP contribution is 2.64. The molecule has 0 amide bonds. The van der Waals surface area contributed by atoms with E-state index >= 15 is 0 Å². The Morgan fingerprint density at radius 3 is 1.43 bits per heavy atom. The summed E-state index contributed by atoms with van der Waals surface area (Å²) in [5.41, 5.74) is 26.9. The number of anilines is 3. The van der Waals surface area contributed by atoms with E-state index in [0.29, 0.717) is 0 Å². The predicted octanol–water partition coefficient (Wildman–Crippen LogP) is 22.3. The Bertz CT molecular complexity index is 4490. The molecular formula is C81H74N2. The van der Waals surface area contributed by atoms with Gasteiger partial charge in [-0.15, -0.1) is 0 Å². The summed E-state index contributed by atoms with van der Waals surface area (Å²) in [6.45, 7) is 28.1. The molecule has 2 aliphatic carbocycles. The highest BCUT2D eigenvalue weighted by molar-refractivity contribution is 6.12. The van der Waals surface area contributed by atoms with Crippen LogP contribution in [0.2, 0.25) is 0 Å². The first-order chi connectivity index (χ1) is 39.7. The van der Waals surface area contributed by atoms with Crippen LogP contribution in [0.4, 0.5) is 17.1 Å². The largest absolute Gasteiger partial charge is 0.310 e.